The molecule has 0 spiro atoms. The molecule has 3 heteroatoms. The van der Waals surface area contributed by atoms with Crippen molar-refractivity contribution >= 4 is 17.2 Å². The summed E-state index contributed by atoms with van der Waals surface area (Å²) < 4.78 is 0. The Morgan fingerprint density at radius 2 is 2.25 bits per heavy atom. The third-order valence-electron chi connectivity index (χ3n) is 3.03. The molecule has 0 unspecified atom stereocenters. The molecule has 0 saturated carbocycles. The van der Waals surface area contributed by atoms with Gasteiger partial charge in [-0.2, -0.15) is 0 Å². The highest BCUT2D eigenvalue weighted by Gasteiger charge is 2.35. The molecule has 0 radical (unpaired) electrons. The Balaban J connectivity index is 2.19. The average molecular weight is 237 g/mol. The monoisotopic (exact) mass is 237 g/mol. The minimum Gasteiger partial charge on any atom is -0.334 e. The van der Waals surface area contributed by atoms with E-state index in [9.17, 15) is 4.79 Å². The Hall–Kier alpha value is -0.830. The number of carbonyl (C=O) groups excluding carboxylic acids is 1. The van der Waals surface area contributed by atoms with E-state index in [1.165, 1.54) is 4.88 Å². The quantitative estimate of drug-likeness (QED) is 0.732. The van der Waals surface area contributed by atoms with E-state index < -0.39 is 0 Å². The Kier molecular flexibility index (Phi) is 3.06. The van der Waals surface area contributed by atoms with Crippen LogP contribution in [0.15, 0.2) is 17.5 Å². The van der Waals surface area contributed by atoms with Gasteiger partial charge in [-0.1, -0.05) is 26.8 Å². The summed E-state index contributed by atoms with van der Waals surface area (Å²) in [4.78, 5) is 15.7. The number of thiophene rings is 1. The van der Waals surface area contributed by atoms with Crippen LogP contribution in [-0.2, 0) is 4.79 Å². The molecule has 1 saturated heterocycles. The molecule has 1 fully saturated rings. The highest BCUT2D eigenvalue weighted by atomic mass is 32.1. The van der Waals surface area contributed by atoms with Crippen molar-refractivity contribution in [1.29, 1.82) is 0 Å². The number of carbonyl (C=O) groups is 1. The van der Waals surface area contributed by atoms with Gasteiger partial charge in [-0.25, -0.2) is 0 Å². The lowest BCUT2D eigenvalue weighted by atomic mass is 9.94. The summed E-state index contributed by atoms with van der Waals surface area (Å²) in [7, 11) is 0. The third-order valence-corrected chi connectivity index (χ3v) is 4.00. The van der Waals surface area contributed by atoms with Crippen LogP contribution in [0.4, 0.5) is 0 Å². The topological polar surface area (TPSA) is 20.3 Å². The van der Waals surface area contributed by atoms with Crippen LogP contribution in [-0.4, -0.2) is 17.4 Å². The molecule has 1 aromatic rings. The number of nitrogens with zero attached hydrogens (tertiary/aromatic N) is 1. The van der Waals surface area contributed by atoms with E-state index in [1.807, 2.05) is 20.8 Å². The van der Waals surface area contributed by atoms with Gasteiger partial charge in [-0.05, 0) is 24.3 Å². The highest BCUT2D eigenvalue weighted by molar-refractivity contribution is 7.10. The lowest BCUT2D eigenvalue weighted by Gasteiger charge is -2.30. The maximum atomic E-state index is 12.3. The Morgan fingerprint density at radius 1 is 1.50 bits per heavy atom. The lowest BCUT2D eigenvalue weighted by Crippen LogP contribution is -2.38. The molecule has 1 aliphatic rings. The van der Waals surface area contributed by atoms with Crippen molar-refractivity contribution in [2.45, 2.75) is 39.7 Å². The standard InChI is InChI=1S/C13H19NOS/c1-13(2,3)12(15)14-8-4-6-10(14)11-7-5-9-16-11/h5,7,9-10H,4,6,8H2,1-3H3/t10-/m0/s1. The molecule has 0 N–H and O–H groups in total. The van der Waals surface area contributed by atoms with E-state index >= 15 is 0 Å². The van der Waals surface area contributed by atoms with Gasteiger partial charge in [-0.15, -0.1) is 11.3 Å². The Bertz CT molecular complexity index is 364. The first-order valence-electron chi connectivity index (χ1n) is 5.84. The fraction of sp³-hybridized carbons (Fsp3) is 0.615. The van der Waals surface area contributed by atoms with Gasteiger partial charge in [0.2, 0.25) is 5.91 Å². The summed E-state index contributed by atoms with van der Waals surface area (Å²) in [5.74, 6) is 0.281. The number of likely N-dealkylation sites (tertiary alicyclic amines) is 1. The molecule has 0 aromatic carbocycles. The Labute approximate surface area is 101 Å². The number of rotatable bonds is 1. The van der Waals surface area contributed by atoms with Crippen molar-refractivity contribution in [3.8, 4) is 0 Å². The van der Waals surface area contributed by atoms with E-state index in [0.717, 1.165) is 19.4 Å². The van der Waals surface area contributed by atoms with E-state index in [1.54, 1.807) is 11.3 Å². The van der Waals surface area contributed by atoms with Crippen molar-refractivity contribution in [3.05, 3.63) is 22.4 Å². The third kappa shape index (κ3) is 2.14. The zero-order valence-electron chi connectivity index (χ0n) is 10.2. The van der Waals surface area contributed by atoms with Crippen LogP contribution in [0, 0.1) is 5.41 Å². The zero-order valence-corrected chi connectivity index (χ0v) is 11.0. The summed E-state index contributed by atoms with van der Waals surface area (Å²) in [5.41, 5.74) is -0.264. The molecule has 2 nitrogen and oxygen atoms in total. The second-order valence-corrected chi connectivity index (χ2v) is 6.40. The summed E-state index contributed by atoms with van der Waals surface area (Å²) in [5, 5.41) is 2.09. The molecule has 2 rings (SSSR count). The second kappa shape index (κ2) is 4.21. The van der Waals surface area contributed by atoms with Gasteiger partial charge in [0.05, 0.1) is 6.04 Å². The molecule has 1 amide bonds. The van der Waals surface area contributed by atoms with E-state index in [4.69, 9.17) is 0 Å². The molecule has 16 heavy (non-hydrogen) atoms. The summed E-state index contributed by atoms with van der Waals surface area (Å²) in [6.07, 6.45) is 2.24. The van der Waals surface area contributed by atoms with Crippen molar-refractivity contribution in [3.63, 3.8) is 0 Å². The largest absolute Gasteiger partial charge is 0.334 e. The first-order chi connectivity index (χ1) is 7.50. The molecule has 1 aliphatic heterocycles. The van der Waals surface area contributed by atoms with E-state index in [0.29, 0.717) is 6.04 Å². The van der Waals surface area contributed by atoms with Gasteiger partial charge in [0.25, 0.3) is 0 Å². The van der Waals surface area contributed by atoms with E-state index in [2.05, 4.69) is 22.4 Å². The predicted molar refractivity (Wildman–Crippen MR) is 67.5 cm³/mol. The molecule has 1 atom stereocenters. The van der Waals surface area contributed by atoms with Gasteiger partial charge in [-0.3, -0.25) is 4.79 Å². The first kappa shape index (κ1) is 11.6. The van der Waals surface area contributed by atoms with Crippen LogP contribution in [0.5, 0.6) is 0 Å². The van der Waals surface area contributed by atoms with Crippen molar-refractivity contribution in [2.75, 3.05) is 6.54 Å². The zero-order chi connectivity index (χ0) is 11.8. The average Bonchev–Trinajstić information content (AvgIpc) is 2.85. The van der Waals surface area contributed by atoms with Crippen LogP contribution in [0.1, 0.15) is 44.5 Å². The maximum Gasteiger partial charge on any atom is 0.228 e. The van der Waals surface area contributed by atoms with Crippen molar-refractivity contribution in [2.24, 2.45) is 5.41 Å². The fourth-order valence-electron chi connectivity index (χ4n) is 2.22. The fourth-order valence-corrected chi connectivity index (χ4v) is 3.09. The van der Waals surface area contributed by atoms with Crippen LogP contribution >= 0.6 is 11.3 Å². The number of hydrogen-bond donors (Lipinski definition) is 0. The molecule has 0 aliphatic carbocycles. The van der Waals surface area contributed by atoms with Gasteiger partial charge < -0.3 is 4.90 Å². The first-order valence-corrected chi connectivity index (χ1v) is 6.72. The Morgan fingerprint density at radius 3 is 2.81 bits per heavy atom. The van der Waals surface area contributed by atoms with Crippen LogP contribution in [0.2, 0.25) is 0 Å². The molecular formula is C13H19NOS. The van der Waals surface area contributed by atoms with Crippen LogP contribution in [0.3, 0.4) is 0 Å². The summed E-state index contributed by atoms with van der Waals surface area (Å²) >= 11 is 1.76. The minimum atomic E-state index is -0.264. The van der Waals surface area contributed by atoms with Crippen LogP contribution < -0.4 is 0 Å². The summed E-state index contributed by atoms with van der Waals surface area (Å²) in [6.45, 7) is 6.91. The molecular weight excluding hydrogens is 218 g/mol. The predicted octanol–water partition coefficient (Wildman–Crippen LogP) is 3.46. The second-order valence-electron chi connectivity index (χ2n) is 5.42. The van der Waals surface area contributed by atoms with Gasteiger partial charge in [0.1, 0.15) is 0 Å². The minimum absolute atomic E-state index is 0.264. The molecule has 88 valence electrons. The SMILES string of the molecule is CC(C)(C)C(=O)N1CCC[C@H]1c1cccs1. The highest BCUT2D eigenvalue weighted by Crippen LogP contribution is 2.36. The number of hydrogen-bond acceptors (Lipinski definition) is 2. The van der Waals surface area contributed by atoms with Crippen molar-refractivity contribution in [1.82, 2.24) is 4.90 Å². The van der Waals surface area contributed by atoms with Gasteiger partial charge in [0, 0.05) is 16.8 Å². The maximum absolute atomic E-state index is 12.3. The lowest BCUT2D eigenvalue weighted by molar-refractivity contribution is -0.140. The molecule has 1 aromatic heterocycles. The van der Waals surface area contributed by atoms with Gasteiger partial charge >= 0.3 is 0 Å². The van der Waals surface area contributed by atoms with E-state index in [-0.39, 0.29) is 11.3 Å². The normalized spacial score (nSPS) is 21.4. The van der Waals surface area contributed by atoms with Crippen LogP contribution in [0.25, 0.3) is 0 Å². The molecule has 0 bridgehead atoms. The smallest absolute Gasteiger partial charge is 0.228 e. The number of amides is 1. The van der Waals surface area contributed by atoms with Crippen molar-refractivity contribution < 1.29 is 4.79 Å². The molecule has 2 heterocycles. The van der Waals surface area contributed by atoms with Gasteiger partial charge in [0.15, 0.2) is 0 Å². The summed E-state index contributed by atoms with van der Waals surface area (Å²) in [6, 6.07) is 4.54.